The van der Waals surface area contributed by atoms with Gasteiger partial charge in [-0.15, -0.1) is 0 Å². The van der Waals surface area contributed by atoms with Gasteiger partial charge in [-0.1, -0.05) is 31.2 Å². The lowest BCUT2D eigenvalue weighted by atomic mass is 9.93. The fourth-order valence-corrected chi connectivity index (χ4v) is 5.25. The van der Waals surface area contributed by atoms with Crippen LogP contribution in [0.2, 0.25) is 0 Å². The van der Waals surface area contributed by atoms with Crippen LogP contribution in [0.15, 0.2) is 47.4 Å². The van der Waals surface area contributed by atoms with Crippen molar-refractivity contribution in [2.24, 2.45) is 5.73 Å². The molecule has 1 aliphatic heterocycles. The van der Waals surface area contributed by atoms with Crippen molar-refractivity contribution in [1.82, 2.24) is 18.8 Å². The first kappa shape index (κ1) is 22.4. The van der Waals surface area contributed by atoms with Gasteiger partial charge < -0.3 is 10.3 Å². The van der Waals surface area contributed by atoms with Gasteiger partial charge in [0.15, 0.2) is 0 Å². The van der Waals surface area contributed by atoms with E-state index in [9.17, 15) is 13.2 Å². The normalized spacial score (nSPS) is 17.1. The Morgan fingerprint density at radius 3 is 2.56 bits per heavy atom. The van der Waals surface area contributed by atoms with Crippen molar-refractivity contribution in [3.05, 3.63) is 59.4 Å². The summed E-state index contributed by atoms with van der Waals surface area (Å²) < 4.78 is 28.5. The van der Waals surface area contributed by atoms with Crippen LogP contribution >= 0.6 is 0 Å². The van der Waals surface area contributed by atoms with Gasteiger partial charge in [0.2, 0.25) is 15.9 Å². The highest BCUT2D eigenvalue weighted by molar-refractivity contribution is 7.89. The summed E-state index contributed by atoms with van der Waals surface area (Å²) in [5.41, 5.74) is 9.60. The first-order valence-electron chi connectivity index (χ1n) is 10.7. The lowest BCUT2D eigenvalue weighted by Crippen LogP contribution is -2.48. The van der Waals surface area contributed by atoms with Crippen LogP contribution in [0.25, 0.3) is 11.0 Å². The molecule has 0 saturated carbocycles. The summed E-state index contributed by atoms with van der Waals surface area (Å²) in [5.74, 6) is 0.448. The third-order valence-electron chi connectivity index (χ3n) is 6.04. The van der Waals surface area contributed by atoms with Gasteiger partial charge in [0, 0.05) is 27.2 Å². The number of imidazole rings is 1. The predicted molar refractivity (Wildman–Crippen MR) is 123 cm³/mol. The maximum atomic E-state index is 12.6. The molecule has 9 heteroatoms. The molecule has 0 radical (unpaired) electrons. The van der Waals surface area contributed by atoms with Crippen LogP contribution in [-0.2, 0) is 40.9 Å². The van der Waals surface area contributed by atoms with E-state index in [-0.39, 0.29) is 10.8 Å². The molecule has 1 amide bonds. The first-order chi connectivity index (χ1) is 15.2. The summed E-state index contributed by atoms with van der Waals surface area (Å²) >= 11 is 0. The summed E-state index contributed by atoms with van der Waals surface area (Å²) in [4.78, 5) is 19.3. The molecule has 2 heterocycles. The number of aryl methyl sites for hydroxylation is 1. The first-order valence-corrected chi connectivity index (χ1v) is 12.2. The smallest absolute Gasteiger partial charge is 0.242 e. The average Bonchev–Trinajstić information content (AvgIpc) is 3.09. The predicted octanol–water partition coefficient (Wildman–Crippen LogP) is 2.11. The monoisotopic (exact) mass is 455 g/mol. The highest BCUT2D eigenvalue weighted by Gasteiger charge is 2.31. The second kappa shape index (κ2) is 8.65. The van der Waals surface area contributed by atoms with Crippen LogP contribution in [0.5, 0.6) is 0 Å². The number of carbonyl (C=O) groups is 1. The quantitative estimate of drug-likeness (QED) is 0.588. The Kier molecular flexibility index (Phi) is 6.07. The zero-order chi connectivity index (χ0) is 23.0. The van der Waals surface area contributed by atoms with E-state index in [4.69, 9.17) is 10.7 Å². The lowest BCUT2D eigenvalue weighted by Gasteiger charge is -2.34. The molecule has 0 fully saturated rings. The summed E-state index contributed by atoms with van der Waals surface area (Å²) in [5, 5.41) is 0. The van der Waals surface area contributed by atoms with E-state index in [1.54, 1.807) is 12.1 Å². The molecule has 0 unspecified atom stereocenters. The number of amides is 1. The molecule has 3 aromatic rings. The second-order valence-electron chi connectivity index (χ2n) is 8.41. The molecule has 1 aliphatic rings. The summed E-state index contributed by atoms with van der Waals surface area (Å²) in [6.45, 7) is 3.90. The van der Waals surface area contributed by atoms with Crippen molar-refractivity contribution in [3.63, 3.8) is 0 Å². The average molecular weight is 456 g/mol. The molecular weight excluding hydrogens is 426 g/mol. The minimum Gasteiger partial charge on any atom is -0.368 e. The van der Waals surface area contributed by atoms with E-state index < -0.39 is 16.1 Å². The van der Waals surface area contributed by atoms with Crippen LogP contribution < -0.4 is 5.73 Å². The van der Waals surface area contributed by atoms with E-state index in [0.29, 0.717) is 25.0 Å². The van der Waals surface area contributed by atoms with Crippen molar-refractivity contribution in [1.29, 1.82) is 0 Å². The Morgan fingerprint density at radius 2 is 1.91 bits per heavy atom. The fraction of sp³-hybridized carbons (Fsp3) is 0.391. The van der Waals surface area contributed by atoms with E-state index in [1.807, 2.05) is 24.3 Å². The maximum absolute atomic E-state index is 12.6. The molecule has 0 bridgehead atoms. The van der Waals surface area contributed by atoms with E-state index in [2.05, 4.69) is 22.5 Å². The molecule has 1 aromatic heterocycles. The van der Waals surface area contributed by atoms with Gasteiger partial charge in [0.05, 0.1) is 28.5 Å². The Bertz CT molecular complexity index is 1270. The van der Waals surface area contributed by atoms with E-state index in [1.165, 1.54) is 24.0 Å². The zero-order valence-corrected chi connectivity index (χ0v) is 19.5. The number of sulfonamides is 1. The molecule has 2 N–H and O–H groups in total. The number of primary amides is 1. The van der Waals surface area contributed by atoms with Gasteiger partial charge in [-0.05, 0) is 42.2 Å². The molecule has 1 atom stereocenters. The largest absolute Gasteiger partial charge is 0.368 e. The molecule has 32 heavy (non-hydrogen) atoms. The second-order valence-corrected chi connectivity index (χ2v) is 10.6. The molecule has 4 rings (SSSR count). The number of nitrogens with two attached hydrogens (primary N) is 1. The van der Waals surface area contributed by atoms with Gasteiger partial charge in [-0.3, -0.25) is 9.69 Å². The SMILES string of the molecule is CCCn1c(CN2Cc3ccccc3C[C@H]2C(N)=O)nc2cc(S(=O)(=O)N(C)C)ccc21. The number of nitrogens with zero attached hydrogens (tertiary/aromatic N) is 4. The van der Waals surface area contributed by atoms with Gasteiger partial charge in [-0.2, -0.15) is 0 Å². The topological polar surface area (TPSA) is 102 Å². The fourth-order valence-electron chi connectivity index (χ4n) is 4.33. The van der Waals surface area contributed by atoms with Crippen LogP contribution in [0.4, 0.5) is 0 Å². The molecule has 0 aliphatic carbocycles. The maximum Gasteiger partial charge on any atom is 0.242 e. The van der Waals surface area contributed by atoms with E-state index in [0.717, 1.165) is 29.9 Å². The van der Waals surface area contributed by atoms with Crippen molar-refractivity contribution in [3.8, 4) is 0 Å². The number of fused-ring (bicyclic) bond motifs is 2. The van der Waals surface area contributed by atoms with Gasteiger partial charge in [0.25, 0.3) is 0 Å². The van der Waals surface area contributed by atoms with Crippen LogP contribution in [0.1, 0.15) is 30.3 Å². The van der Waals surface area contributed by atoms with Gasteiger partial charge >= 0.3 is 0 Å². The third-order valence-corrected chi connectivity index (χ3v) is 7.85. The minimum absolute atomic E-state index is 0.213. The number of hydrogen-bond acceptors (Lipinski definition) is 5. The summed E-state index contributed by atoms with van der Waals surface area (Å²) in [7, 11) is -0.527. The highest BCUT2D eigenvalue weighted by Crippen LogP contribution is 2.27. The molecule has 0 saturated heterocycles. The van der Waals surface area contributed by atoms with Crippen LogP contribution in [0, 0.1) is 0 Å². The Hall–Kier alpha value is -2.75. The molecular formula is C23H29N5O3S. The van der Waals surface area contributed by atoms with Crippen molar-refractivity contribution < 1.29 is 13.2 Å². The molecule has 2 aromatic carbocycles. The standard InChI is InChI=1S/C23H29N5O3S/c1-4-11-28-20-10-9-18(32(30,31)26(2)3)13-19(20)25-22(28)15-27-14-17-8-6-5-7-16(17)12-21(27)23(24)29/h5-10,13,21H,4,11-12,14-15H2,1-3H3,(H2,24,29)/t21-/m0/s1. The van der Waals surface area contributed by atoms with Crippen molar-refractivity contribution >= 4 is 27.0 Å². The van der Waals surface area contributed by atoms with Crippen LogP contribution in [-0.4, -0.2) is 53.2 Å². The van der Waals surface area contributed by atoms with E-state index >= 15 is 0 Å². The number of rotatable bonds is 7. The number of benzene rings is 2. The highest BCUT2D eigenvalue weighted by atomic mass is 32.2. The lowest BCUT2D eigenvalue weighted by molar-refractivity contribution is -0.124. The van der Waals surface area contributed by atoms with Crippen molar-refractivity contribution in [2.45, 2.75) is 50.3 Å². The summed E-state index contributed by atoms with van der Waals surface area (Å²) in [6.07, 6.45) is 1.48. The zero-order valence-electron chi connectivity index (χ0n) is 18.7. The Labute approximate surface area is 188 Å². The number of carbonyl (C=O) groups excluding carboxylic acids is 1. The molecule has 0 spiro atoms. The van der Waals surface area contributed by atoms with Crippen molar-refractivity contribution in [2.75, 3.05) is 14.1 Å². The number of hydrogen-bond donors (Lipinski definition) is 1. The molecule has 8 nitrogen and oxygen atoms in total. The minimum atomic E-state index is -3.55. The third kappa shape index (κ3) is 4.03. The molecule has 170 valence electrons. The summed E-state index contributed by atoms with van der Waals surface area (Å²) in [6, 6.07) is 12.7. The number of aromatic nitrogens is 2. The van der Waals surface area contributed by atoms with Gasteiger partial charge in [-0.25, -0.2) is 17.7 Å². The Morgan fingerprint density at radius 1 is 1.19 bits per heavy atom. The van der Waals surface area contributed by atoms with Gasteiger partial charge in [0.1, 0.15) is 5.82 Å². The van der Waals surface area contributed by atoms with Crippen LogP contribution in [0.3, 0.4) is 0 Å². The Balaban J connectivity index is 1.74.